The van der Waals surface area contributed by atoms with Crippen LogP contribution < -0.4 is 0 Å². The molecule has 57 valence electrons. The van der Waals surface area contributed by atoms with Gasteiger partial charge in [-0.2, -0.15) is 8.78 Å². The highest BCUT2D eigenvalue weighted by Crippen LogP contribution is 2.15. The van der Waals surface area contributed by atoms with Crippen molar-refractivity contribution in [2.24, 2.45) is 0 Å². The Bertz CT molecular complexity index is 277. The van der Waals surface area contributed by atoms with Crippen molar-refractivity contribution >= 4 is 6.08 Å². The first-order valence-corrected chi connectivity index (χ1v) is 2.98. The minimum absolute atomic E-state index is 0.234. The van der Waals surface area contributed by atoms with Crippen LogP contribution in [0.2, 0.25) is 0 Å². The predicted molar refractivity (Wildman–Crippen MR) is 36.8 cm³/mol. The molecule has 11 heavy (non-hydrogen) atoms. The molecule has 1 rings (SSSR count). The van der Waals surface area contributed by atoms with Crippen molar-refractivity contribution in [3.63, 3.8) is 0 Å². The monoisotopic (exact) mass is 155 g/mol. The topological polar surface area (TPSA) is 19.9 Å². The summed E-state index contributed by atoms with van der Waals surface area (Å²) in [6, 6.07) is 5.35. The van der Waals surface area contributed by atoms with Crippen molar-refractivity contribution < 1.29 is 13.9 Å². The predicted octanol–water partition coefficient (Wildman–Crippen LogP) is 3.07. The van der Waals surface area contributed by atoms with E-state index in [4.69, 9.17) is 0 Å². The molecule has 1 aromatic rings. The maximum atomic E-state index is 11.6. The summed E-state index contributed by atoms with van der Waals surface area (Å²) in [5.74, 6) is -0.264. The third kappa shape index (κ3) is 2.37. The molecule has 0 unspecified atom stereocenters. The fraction of sp³-hybridized carbons (Fsp3) is 0. The van der Waals surface area contributed by atoms with Crippen LogP contribution in [0.15, 0.2) is 30.3 Å². The van der Waals surface area contributed by atoms with Gasteiger partial charge < -0.3 is 0 Å². The summed E-state index contributed by atoms with van der Waals surface area (Å²) in [5, 5.41) is 10.6. The van der Waals surface area contributed by atoms with Crippen LogP contribution in [0.25, 0.3) is 6.08 Å². The number of hydrogen-bond donors (Lipinski definition) is 0. The zero-order valence-electron chi connectivity index (χ0n) is 5.55. The van der Waals surface area contributed by atoms with Gasteiger partial charge in [0.25, 0.3) is 6.08 Å². The largest absolute Gasteiger partial charge is 0.290 e. The maximum Gasteiger partial charge on any atom is 0.270 e. The van der Waals surface area contributed by atoms with E-state index in [1.54, 1.807) is 0 Å². The zero-order valence-corrected chi connectivity index (χ0v) is 5.55. The molecular formula is C8H5F2O. The standard InChI is InChI=1S/C8H5F2O/c9-8(10)5-6-2-1-3-7(11)4-6/h1-5H. The van der Waals surface area contributed by atoms with Crippen LogP contribution in [0, 0.1) is 0 Å². The molecule has 0 aliphatic heterocycles. The number of hydrogen-bond acceptors (Lipinski definition) is 0. The molecule has 0 aromatic heterocycles. The average Bonchev–Trinajstić information content (AvgIpc) is 1.85. The van der Waals surface area contributed by atoms with Gasteiger partial charge in [-0.25, -0.2) is 0 Å². The van der Waals surface area contributed by atoms with Crippen molar-refractivity contribution in [2.75, 3.05) is 0 Å². The van der Waals surface area contributed by atoms with E-state index in [0.29, 0.717) is 6.08 Å². The molecule has 3 heteroatoms. The SMILES string of the molecule is [O]c1cccc(C=C(F)F)c1. The number of halogens is 2. The Morgan fingerprint density at radius 3 is 2.64 bits per heavy atom. The molecule has 0 bridgehead atoms. The van der Waals surface area contributed by atoms with Crippen molar-refractivity contribution in [2.45, 2.75) is 0 Å². The van der Waals surface area contributed by atoms with Crippen LogP contribution in [-0.2, 0) is 5.11 Å². The Hall–Kier alpha value is -1.38. The highest BCUT2D eigenvalue weighted by atomic mass is 19.3. The molecule has 0 amide bonds. The van der Waals surface area contributed by atoms with Gasteiger partial charge in [-0.1, -0.05) is 12.1 Å². The normalized spacial score (nSPS) is 9.27. The molecule has 0 spiro atoms. The Balaban J connectivity index is 2.97. The molecule has 0 fully saturated rings. The third-order valence-corrected chi connectivity index (χ3v) is 1.13. The van der Waals surface area contributed by atoms with Gasteiger partial charge >= 0.3 is 0 Å². The second kappa shape index (κ2) is 3.14. The van der Waals surface area contributed by atoms with Crippen molar-refractivity contribution in [3.05, 3.63) is 35.9 Å². The van der Waals surface area contributed by atoms with Gasteiger partial charge in [0.05, 0.1) is 0 Å². The summed E-state index contributed by atoms with van der Waals surface area (Å²) in [6.45, 7) is 0. The van der Waals surface area contributed by atoms with Gasteiger partial charge in [0.2, 0.25) is 0 Å². The maximum absolute atomic E-state index is 11.6. The Morgan fingerprint density at radius 2 is 2.09 bits per heavy atom. The fourth-order valence-corrected chi connectivity index (χ4v) is 0.730. The van der Waals surface area contributed by atoms with Crippen molar-refractivity contribution in [1.82, 2.24) is 0 Å². The second-order valence-electron chi connectivity index (χ2n) is 2.01. The van der Waals surface area contributed by atoms with Crippen molar-refractivity contribution in [1.29, 1.82) is 0 Å². The Labute approximate surface area is 62.6 Å². The van der Waals surface area contributed by atoms with E-state index in [-0.39, 0.29) is 11.3 Å². The summed E-state index contributed by atoms with van der Waals surface area (Å²) in [6.07, 6.45) is -1.14. The zero-order chi connectivity index (χ0) is 8.27. The van der Waals surface area contributed by atoms with E-state index < -0.39 is 6.08 Å². The Kier molecular flexibility index (Phi) is 2.21. The molecule has 0 aliphatic carbocycles. The first-order chi connectivity index (χ1) is 5.18. The van der Waals surface area contributed by atoms with E-state index in [2.05, 4.69) is 0 Å². The van der Waals surface area contributed by atoms with Crippen LogP contribution in [0.4, 0.5) is 8.78 Å². The van der Waals surface area contributed by atoms with E-state index in [1.165, 1.54) is 18.2 Å². The lowest BCUT2D eigenvalue weighted by Crippen LogP contribution is -1.69. The quantitative estimate of drug-likeness (QED) is 0.593. The summed E-state index contributed by atoms with van der Waals surface area (Å²) < 4.78 is 23.2. The van der Waals surface area contributed by atoms with Crippen LogP contribution in [-0.4, -0.2) is 0 Å². The summed E-state index contributed by atoms with van der Waals surface area (Å²) in [4.78, 5) is 0. The summed E-state index contributed by atoms with van der Waals surface area (Å²) in [5.41, 5.74) is 0.234. The molecule has 0 N–H and O–H groups in total. The lowest BCUT2D eigenvalue weighted by molar-refractivity contribution is 0.355. The van der Waals surface area contributed by atoms with Gasteiger partial charge in [-0.3, -0.25) is 5.11 Å². The molecular weight excluding hydrogens is 150 g/mol. The molecule has 0 saturated carbocycles. The minimum Gasteiger partial charge on any atom is -0.290 e. The molecule has 0 saturated heterocycles. The number of rotatable bonds is 1. The van der Waals surface area contributed by atoms with E-state index in [9.17, 15) is 13.9 Å². The second-order valence-corrected chi connectivity index (χ2v) is 2.01. The van der Waals surface area contributed by atoms with Crippen molar-refractivity contribution in [3.8, 4) is 5.75 Å². The third-order valence-electron chi connectivity index (χ3n) is 1.13. The highest BCUT2D eigenvalue weighted by Gasteiger charge is 1.94. The van der Waals surface area contributed by atoms with Gasteiger partial charge in [0, 0.05) is 6.08 Å². The lowest BCUT2D eigenvalue weighted by Gasteiger charge is -1.90. The average molecular weight is 155 g/mol. The fourth-order valence-electron chi connectivity index (χ4n) is 0.730. The minimum atomic E-state index is -1.80. The first kappa shape index (κ1) is 7.72. The van der Waals surface area contributed by atoms with Crippen LogP contribution in [0.3, 0.4) is 0 Å². The molecule has 1 aromatic carbocycles. The Morgan fingerprint density at radius 1 is 1.36 bits per heavy atom. The highest BCUT2D eigenvalue weighted by molar-refractivity contribution is 5.51. The molecule has 1 radical (unpaired) electrons. The first-order valence-electron chi connectivity index (χ1n) is 2.98. The summed E-state index contributed by atoms with van der Waals surface area (Å²) in [7, 11) is 0. The molecule has 1 nitrogen and oxygen atoms in total. The lowest BCUT2D eigenvalue weighted by atomic mass is 10.2. The van der Waals surface area contributed by atoms with Gasteiger partial charge in [-0.15, -0.1) is 0 Å². The van der Waals surface area contributed by atoms with E-state index in [1.807, 2.05) is 0 Å². The van der Waals surface area contributed by atoms with Crippen LogP contribution in [0.5, 0.6) is 5.75 Å². The summed E-state index contributed by atoms with van der Waals surface area (Å²) >= 11 is 0. The van der Waals surface area contributed by atoms with Crippen LogP contribution in [0.1, 0.15) is 5.56 Å². The molecule has 0 heterocycles. The smallest absolute Gasteiger partial charge is 0.270 e. The van der Waals surface area contributed by atoms with Gasteiger partial charge in [0.1, 0.15) is 0 Å². The van der Waals surface area contributed by atoms with Crippen LogP contribution >= 0.6 is 0 Å². The molecule has 0 atom stereocenters. The number of benzene rings is 1. The van der Waals surface area contributed by atoms with Gasteiger partial charge in [-0.05, 0) is 17.7 Å². The van der Waals surface area contributed by atoms with Gasteiger partial charge in [0.15, 0.2) is 5.75 Å². The molecule has 0 aliphatic rings. The van der Waals surface area contributed by atoms with E-state index in [0.717, 1.165) is 6.07 Å². The van der Waals surface area contributed by atoms with E-state index >= 15 is 0 Å².